The van der Waals surface area contributed by atoms with E-state index >= 15 is 0 Å². The molecule has 0 atom stereocenters. The Bertz CT molecular complexity index is 273. The third kappa shape index (κ3) is 1.07. The maximum atomic E-state index is 5.46. The average Bonchev–Trinajstić information content (AvgIpc) is 2.50. The van der Waals surface area contributed by atoms with Crippen LogP contribution < -0.4 is 10.5 Å². The number of ether oxygens (including phenoxy) is 1. The van der Waals surface area contributed by atoms with Crippen LogP contribution in [-0.2, 0) is 13.0 Å². The minimum atomic E-state index is 0.556. The van der Waals surface area contributed by atoms with Crippen LogP contribution in [0.4, 0.5) is 0 Å². The Hall–Kier alpha value is -1.09. The summed E-state index contributed by atoms with van der Waals surface area (Å²) in [5, 5.41) is 0. The van der Waals surface area contributed by atoms with Gasteiger partial charge in [0.1, 0.15) is 0 Å². The van der Waals surface area contributed by atoms with Crippen LogP contribution in [0.5, 0.6) is 5.88 Å². The standard InChI is InChI=1S/C8H10N2O/c9-4-6-3-7-1-2-11-8(7)10-5-6/h3,5H,1-2,4,9H2. The van der Waals surface area contributed by atoms with Crippen molar-refractivity contribution >= 4 is 0 Å². The molecule has 1 aromatic heterocycles. The van der Waals surface area contributed by atoms with Gasteiger partial charge in [0.25, 0.3) is 0 Å². The summed E-state index contributed by atoms with van der Waals surface area (Å²) in [5.41, 5.74) is 7.73. The first kappa shape index (κ1) is 6.61. The number of nitrogens with zero attached hydrogens (tertiary/aromatic N) is 1. The smallest absolute Gasteiger partial charge is 0.216 e. The number of aromatic nitrogens is 1. The van der Waals surface area contributed by atoms with E-state index in [1.807, 2.05) is 0 Å². The molecule has 0 radical (unpaired) electrons. The van der Waals surface area contributed by atoms with Crippen molar-refractivity contribution in [2.75, 3.05) is 6.61 Å². The highest BCUT2D eigenvalue weighted by atomic mass is 16.5. The molecule has 3 heteroatoms. The molecule has 3 nitrogen and oxygen atoms in total. The van der Waals surface area contributed by atoms with E-state index < -0.39 is 0 Å². The van der Waals surface area contributed by atoms with E-state index in [-0.39, 0.29) is 0 Å². The fourth-order valence-electron chi connectivity index (χ4n) is 1.23. The summed E-state index contributed by atoms with van der Waals surface area (Å²) in [7, 11) is 0. The van der Waals surface area contributed by atoms with Crippen LogP contribution in [-0.4, -0.2) is 11.6 Å². The number of hydrogen-bond donors (Lipinski definition) is 1. The third-order valence-electron chi connectivity index (χ3n) is 1.83. The zero-order valence-electron chi connectivity index (χ0n) is 6.21. The van der Waals surface area contributed by atoms with Crippen LogP contribution in [0.2, 0.25) is 0 Å². The van der Waals surface area contributed by atoms with Crippen molar-refractivity contribution in [3.05, 3.63) is 23.4 Å². The zero-order chi connectivity index (χ0) is 7.68. The number of fused-ring (bicyclic) bond motifs is 1. The quantitative estimate of drug-likeness (QED) is 0.633. The zero-order valence-corrected chi connectivity index (χ0v) is 6.21. The first-order valence-electron chi connectivity index (χ1n) is 3.71. The van der Waals surface area contributed by atoms with Crippen molar-refractivity contribution in [3.8, 4) is 5.88 Å². The second-order valence-corrected chi connectivity index (χ2v) is 2.61. The molecular weight excluding hydrogens is 140 g/mol. The van der Waals surface area contributed by atoms with Crippen LogP contribution in [0.15, 0.2) is 12.3 Å². The first-order valence-corrected chi connectivity index (χ1v) is 3.71. The summed E-state index contributed by atoms with van der Waals surface area (Å²) in [5.74, 6) is 0.780. The van der Waals surface area contributed by atoms with Crippen molar-refractivity contribution in [2.24, 2.45) is 5.73 Å². The highest BCUT2D eigenvalue weighted by molar-refractivity contribution is 5.32. The second kappa shape index (κ2) is 2.51. The van der Waals surface area contributed by atoms with Crippen LogP contribution >= 0.6 is 0 Å². The van der Waals surface area contributed by atoms with E-state index in [0.717, 1.165) is 24.5 Å². The fraction of sp³-hybridized carbons (Fsp3) is 0.375. The molecule has 0 aliphatic carbocycles. The summed E-state index contributed by atoms with van der Waals surface area (Å²) >= 11 is 0. The summed E-state index contributed by atoms with van der Waals surface area (Å²) in [6.07, 6.45) is 2.74. The van der Waals surface area contributed by atoms with Crippen molar-refractivity contribution in [3.63, 3.8) is 0 Å². The van der Waals surface area contributed by atoms with Gasteiger partial charge in [0.15, 0.2) is 0 Å². The predicted molar refractivity (Wildman–Crippen MR) is 41.3 cm³/mol. The maximum absolute atomic E-state index is 5.46. The molecule has 0 aromatic carbocycles. The molecule has 2 N–H and O–H groups in total. The van der Waals surface area contributed by atoms with E-state index in [2.05, 4.69) is 11.1 Å². The van der Waals surface area contributed by atoms with Crippen molar-refractivity contribution in [1.82, 2.24) is 4.98 Å². The van der Waals surface area contributed by atoms with Crippen LogP contribution in [0.25, 0.3) is 0 Å². The van der Waals surface area contributed by atoms with E-state index in [0.29, 0.717) is 6.54 Å². The molecule has 1 aliphatic heterocycles. The lowest BCUT2D eigenvalue weighted by molar-refractivity contribution is 0.344. The molecule has 0 unspecified atom stereocenters. The van der Waals surface area contributed by atoms with Crippen molar-refractivity contribution in [2.45, 2.75) is 13.0 Å². The summed E-state index contributed by atoms with van der Waals surface area (Å²) in [6, 6.07) is 2.06. The Kier molecular flexibility index (Phi) is 1.51. The molecule has 0 saturated heterocycles. The lowest BCUT2D eigenvalue weighted by Gasteiger charge is -1.98. The fourth-order valence-corrected chi connectivity index (χ4v) is 1.23. The normalized spacial score (nSPS) is 14.3. The van der Waals surface area contributed by atoms with Gasteiger partial charge < -0.3 is 10.5 Å². The van der Waals surface area contributed by atoms with Gasteiger partial charge in [-0.2, -0.15) is 0 Å². The molecule has 2 rings (SSSR count). The predicted octanol–water partition coefficient (Wildman–Crippen LogP) is 0.475. The van der Waals surface area contributed by atoms with Gasteiger partial charge in [-0.1, -0.05) is 0 Å². The first-order chi connectivity index (χ1) is 5.40. The number of rotatable bonds is 1. The average molecular weight is 150 g/mol. The van der Waals surface area contributed by atoms with Crippen LogP contribution in [0.1, 0.15) is 11.1 Å². The minimum Gasteiger partial charge on any atom is -0.477 e. The van der Waals surface area contributed by atoms with Gasteiger partial charge in [0.05, 0.1) is 6.61 Å². The molecule has 0 fully saturated rings. The second-order valence-electron chi connectivity index (χ2n) is 2.61. The molecule has 1 aromatic rings. The van der Waals surface area contributed by atoms with E-state index in [1.54, 1.807) is 6.20 Å². The van der Waals surface area contributed by atoms with Gasteiger partial charge >= 0.3 is 0 Å². The van der Waals surface area contributed by atoms with Crippen LogP contribution in [0.3, 0.4) is 0 Å². The van der Waals surface area contributed by atoms with Crippen molar-refractivity contribution in [1.29, 1.82) is 0 Å². The van der Waals surface area contributed by atoms with E-state index in [4.69, 9.17) is 10.5 Å². The van der Waals surface area contributed by atoms with E-state index in [1.165, 1.54) is 5.56 Å². The Balaban J connectivity index is 2.41. The molecule has 0 amide bonds. The Morgan fingerprint density at radius 2 is 2.55 bits per heavy atom. The lowest BCUT2D eigenvalue weighted by atomic mass is 10.2. The highest BCUT2D eigenvalue weighted by Gasteiger charge is 2.12. The summed E-state index contributed by atoms with van der Waals surface area (Å²) in [4.78, 5) is 4.13. The summed E-state index contributed by atoms with van der Waals surface area (Å²) in [6.45, 7) is 1.32. The third-order valence-corrected chi connectivity index (χ3v) is 1.83. The van der Waals surface area contributed by atoms with Gasteiger partial charge in [-0.05, 0) is 11.6 Å². The Morgan fingerprint density at radius 1 is 1.64 bits per heavy atom. The maximum Gasteiger partial charge on any atom is 0.216 e. The minimum absolute atomic E-state index is 0.556. The topological polar surface area (TPSA) is 48.1 Å². The molecule has 11 heavy (non-hydrogen) atoms. The van der Waals surface area contributed by atoms with Crippen molar-refractivity contribution < 1.29 is 4.74 Å². The molecule has 0 spiro atoms. The van der Waals surface area contributed by atoms with Gasteiger partial charge in [-0.3, -0.25) is 0 Å². The monoisotopic (exact) mass is 150 g/mol. The highest BCUT2D eigenvalue weighted by Crippen LogP contribution is 2.22. The molecule has 0 bridgehead atoms. The van der Waals surface area contributed by atoms with E-state index in [9.17, 15) is 0 Å². The van der Waals surface area contributed by atoms with Gasteiger partial charge in [0.2, 0.25) is 5.88 Å². The largest absolute Gasteiger partial charge is 0.477 e. The molecule has 58 valence electrons. The molecular formula is C8H10N2O. The SMILES string of the molecule is NCc1cnc2c(c1)CCO2. The Labute approximate surface area is 65.2 Å². The molecule has 1 aliphatic rings. The number of pyridine rings is 1. The Morgan fingerprint density at radius 3 is 3.36 bits per heavy atom. The van der Waals surface area contributed by atoms with Crippen LogP contribution in [0, 0.1) is 0 Å². The number of hydrogen-bond acceptors (Lipinski definition) is 3. The number of nitrogens with two attached hydrogens (primary N) is 1. The summed E-state index contributed by atoms with van der Waals surface area (Å²) < 4.78 is 5.25. The van der Waals surface area contributed by atoms with Gasteiger partial charge in [-0.25, -0.2) is 4.98 Å². The molecule has 2 heterocycles. The lowest BCUT2D eigenvalue weighted by Crippen LogP contribution is -1.97. The van der Waals surface area contributed by atoms with Gasteiger partial charge in [-0.15, -0.1) is 0 Å². The van der Waals surface area contributed by atoms with Gasteiger partial charge in [0, 0.05) is 24.7 Å². The molecule has 0 saturated carbocycles.